The molecule has 0 amide bonds. The van der Waals surface area contributed by atoms with Gasteiger partial charge in [0, 0.05) is 13.1 Å². The number of nitrogens with zero attached hydrogens (tertiary/aromatic N) is 1. The second kappa shape index (κ2) is 8.53. The number of aliphatic imine (C=N–C) groups is 1. The highest BCUT2D eigenvalue weighted by molar-refractivity contribution is 5.79. The first kappa shape index (κ1) is 14.5. The first-order valence-electron chi connectivity index (χ1n) is 6.57. The summed E-state index contributed by atoms with van der Waals surface area (Å²) < 4.78 is 0. The first-order valence-corrected chi connectivity index (χ1v) is 6.57. The van der Waals surface area contributed by atoms with Crippen LogP contribution in [0.4, 0.5) is 0 Å². The summed E-state index contributed by atoms with van der Waals surface area (Å²) in [6.45, 7) is 5.93. The fourth-order valence-electron chi connectivity index (χ4n) is 1.71. The fourth-order valence-corrected chi connectivity index (χ4v) is 1.71. The number of nitrogens with two attached hydrogens (primary N) is 1. The van der Waals surface area contributed by atoms with Gasteiger partial charge in [0.05, 0.1) is 0 Å². The molecule has 1 rings (SSSR count). The quantitative estimate of drug-likeness (QED) is 0.236. The van der Waals surface area contributed by atoms with Gasteiger partial charge in [-0.3, -0.25) is 10.4 Å². The second-order valence-electron chi connectivity index (χ2n) is 4.33. The highest BCUT2D eigenvalue weighted by Gasteiger charge is 1.98. The molecule has 0 aliphatic heterocycles. The van der Waals surface area contributed by atoms with Crippen LogP contribution in [0.2, 0.25) is 0 Å². The van der Waals surface area contributed by atoms with Gasteiger partial charge in [0.25, 0.3) is 0 Å². The molecule has 0 unspecified atom stereocenters. The van der Waals surface area contributed by atoms with E-state index >= 15 is 0 Å². The Bertz CT molecular complexity index is 374. The third-order valence-electron chi connectivity index (χ3n) is 2.87. The Morgan fingerprint density at radius 1 is 1.33 bits per heavy atom. The highest BCUT2D eigenvalue weighted by atomic mass is 15.3. The predicted molar refractivity (Wildman–Crippen MR) is 77.4 cm³/mol. The Labute approximate surface area is 110 Å². The van der Waals surface area contributed by atoms with Crippen molar-refractivity contribution in [1.82, 2.24) is 10.7 Å². The van der Waals surface area contributed by atoms with Crippen LogP contribution in [0.5, 0.6) is 0 Å². The number of hydrogen-bond donors (Lipinski definition) is 3. The fraction of sp³-hybridized carbons (Fsp3) is 0.500. The van der Waals surface area contributed by atoms with E-state index in [0.29, 0.717) is 5.96 Å². The number of hydrazine groups is 1. The van der Waals surface area contributed by atoms with Gasteiger partial charge in [0.1, 0.15) is 0 Å². The lowest BCUT2D eigenvalue weighted by Crippen LogP contribution is -2.42. The van der Waals surface area contributed by atoms with Crippen molar-refractivity contribution in [3.05, 3.63) is 35.4 Å². The van der Waals surface area contributed by atoms with Crippen LogP contribution < -0.4 is 16.6 Å². The molecule has 0 bridgehead atoms. The number of unbranched alkanes of at least 4 members (excludes halogenated alkanes) is 1. The molecule has 1 aromatic rings. The van der Waals surface area contributed by atoms with Crippen LogP contribution in [0.25, 0.3) is 0 Å². The molecule has 4 heteroatoms. The number of aryl methyl sites for hydroxylation is 1. The lowest BCUT2D eigenvalue weighted by Gasteiger charge is -2.10. The van der Waals surface area contributed by atoms with Gasteiger partial charge < -0.3 is 5.32 Å². The molecule has 0 radical (unpaired) electrons. The Morgan fingerprint density at radius 2 is 2.11 bits per heavy atom. The zero-order chi connectivity index (χ0) is 13.2. The van der Waals surface area contributed by atoms with Crippen LogP contribution in [0, 0.1) is 6.92 Å². The molecular formula is C14H24N4. The van der Waals surface area contributed by atoms with E-state index in [0.717, 1.165) is 32.4 Å². The molecule has 18 heavy (non-hydrogen) atoms. The number of rotatable bonds is 6. The van der Waals surface area contributed by atoms with Crippen LogP contribution in [0.3, 0.4) is 0 Å². The summed E-state index contributed by atoms with van der Waals surface area (Å²) in [5, 5.41) is 3.22. The molecule has 100 valence electrons. The molecule has 0 saturated heterocycles. The standard InChI is InChI=1S/C14H24N4/c1-3-4-10-16-14(18-15)17-11-9-13-8-6-5-7-12(13)2/h5-8H,3-4,9-11,15H2,1-2H3,(H2,16,17,18). The van der Waals surface area contributed by atoms with E-state index in [1.807, 2.05) is 0 Å². The maximum absolute atomic E-state index is 5.42. The minimum absolute atomic E-state index is 0.678. The summed E-state index contributed by atoms with van der Waals surface area (Å²) >= 11 is 0. The smallest absolute Gasteiger partial charge is 0.205 e. The molecule has 4 nitrogen and oxygen atoms in total. The molecule has 0 saturated carbocycles. The molecule has 0 aromatic heterocycles. The van der Waals surface area contributed by atoms with Crippen LogP contribution in [0.1, 0.15) is 30.9 Å². The van der Waals surface area contributed by atoms with Gasteiger partial charge in [0.15, 0.2) is 0 Å². The molecular weight excluding hydrogens is 224 g/mol. The summed E-state index contributed by atoms with van der Waals surface area (Å²) in [5.41, 5.74) is 5.28. The number of guanidine groups is 1. The summed E-state index contributed by atoms with van der Waals surface area (Å²) in [4.78, 5) is 4.35. The van der Waals surface area contributed by atoms with Crippen molar-refractivity contribution in [3.8, 4) is 0 Å². The van der Waals surface area contributed by atoms with Crippen LogP contribution in [-0.2, 0) is 6.42 Å². The predicted octanol–water partition coefficient (Wildman–Crippen LogP) is 1.75. The van der Waals surface area contributed by atoms with E-state index in [9.17, 15) is 0 Å². The molecule has 1 aromatic carbocycles. The zero-order valence-corrected chi connectivity index (χ0v) is 11.4. The minimum Gasteiger partial charge on any atom is -0.355 e. The average molecular weight is 248 g/mol. The van der Waals surface area contributed by atoms with Gasteiger partial charge in [-0.15, -0.1) is 0 Å². The molecule has 0 atom stereocenters. The summed E-state index contributed by atoms with van der Waals surface area (Å²) in [7, 11) is 0. The van der Waals surface area contributed by atoms with Crippen molar-refractivity contribution in [3.63, 3.8) is 0 Å². The van der Waals surface area contributed by atoms with Gasteiger partial charge in [-0.05, 0) is 30.9 Å². The van der Waals surface area contributed by atoms with Crippen LogP contribution in [0.15, 0.2) is 29.3 Å². The van der Waals surface area contributed by atoms with Gasteiger partial charge >= 0.3 is 0 Å². The van der Waals surface area contributed by atoms with Gasteiger partial charge in [0.2, 0.25) is 5.96 Å². The van der Waals surface area contributed by atoms with Crippen molar-refractivity contribution < 1.29 is 0 Å². The summed E-state index contributed by atoms with van der Waals surface area (Å²) in [6, 6.07) is 8.42. The molecule has 0 aliphatic rings. The third-order valence-corrected chi connectivity index (χ3v) is 2.87. The normalized spacial score (nSPS) is 11.4. The van der Waals surface area contributed by atoms with Crippen LogP contribution >= 0.6 is 0 Å². The van der Waals surface area contributed by atoms with E-state index in [1.54, 1.807) is 0 Å². The average Bonchev–Trinajstić information content (AvgIpc) is 2.39. The Kier molecular flexibility index (Phi) is 6.87. The largest absolute Gasteiger partial charge is 0.355 e. The lowest BCUT2D eigenvalue weighted by molar-refractivity contribution is 0.769. The Hall–Kier alpha value is -1.55. The SMILES string of the molecule is CCCCN=C(NN)NCCc1ccccc1C. The van der Waals surface area contributed by atoms with Crippen molar-refractivity contribution in [2.45, 2.75) is 33.1 Å². The lowest BCUT2D eigenvalue weighted by atomic mass is 10.1. The molecule has 0 aliphatic carbocycles. The topological polar surface area (TPSA) is 62.4 Å². The number of hydrogen-bond acceptors (Lipinski definition) is 2. The van der Waals surface area contributed by atoms with E-state index < -0.39 is 0 Å². The van der Waals surface area contributed by atoms with E-state index in [1.165, 1.54) is 11.1 Å². The maximum atomic E-state index is 5.42. The Balaban J connectivity index is 2.35. The van der Waals surface area contributed by atoms with Gasteiger partial charge in [-0.25, -0.2) is 5.84 Å². The molecule has 0 spiro atoms. The third kappa shape index (κ3) is 5.19. The molecule has 0 fully saturated rings. The second-order valence-corrected chi connectivity index (χ2v) is 4.33. The van der Waals surface area contributed by atoms with Gasteiger partial charge in [-0.2, -0.15) is 0 Å². The summed E-state index contributed by atoms with van der Waals surface area (Å²) in [6.07, 6.45) is 3.20. The van der Waals surface area contributed by atoms with Crippen molar-refractivity contribution >= 4 is 5.96 Å². The monoisotopic (exact) mass is 248 g/mol. The molecule has 4 N–H and O–H groups in total. The maximum Gasteiger partial charge on any atom is 0.205 e. The van der Waals surface area contributed by atoms with Crippen molar-refractivity contribution in [2.24, 2.45) is 10.8 Å². The molecule has 0 heterocycles. The van der Waals surface area contributed by atoms with Gasteiger partial charge in [-0.1, -0.05) is 37.6 Å². The van der Waals surface area contributed by atoms with E-state index in [2.05, 4.69) is 53.8 Å². The minimum atomic E-state index is 0.678. The first-order chi connectivity index (χ1) is 8.77. The Morgan fingerprint density at radius 3 is 2.78 bits per heavy atom. The number of nitrogens with one attached hydrogen (secondary N) is 2. The van der Waals surface area contributed by atoms with Crippen LogP contribution in [-0.4, -0.2) is 19.0 Å². The highest BCUT2D eigenvalue weighted by Crippen LogP contribution is 2.06. The zero-order valence-electron chi connectivity index (χ0n) is 11.4. The van der Waals surface area contributed by atoms with Crippen molar-refractivity contribution in [2.75, 3.05) is 13.1 Å². The summed E-state index contributed by atoms with van der Waals surface area (Å²) in [5.74, 6) is 6.10. The number of benzene rings is 1. The van der Waals surface area contributed by atoms with E-state index in [4.69, 9.17) is 5.84 Å². The van der Waals surface area contributed by atoms with Crippen molar-refractivity contribution in [1.29, 1.82) is 0 Å². The van der Waals surface area contributed by atoms with E-state index in [-0.39, 0.29) is 0 Å².